The zero-order valence-corrected chi connectivity index (χ0v) is 11.8. The largest absolute Gasteiger partial charge is 0.464 e. The van der Waals surface area contributed by atoms with Crippen molar-refractivity contribution in [3.8, 4) is 0 Å². The second-order valence-corrected chi connectivity index (χ2v) is 5.93. The van der Waals surface area contributed by atoms with E-state index >= 15 is 0 Å². The Labute approximate surface area is 115 Å². The lowest BCUT2D eigenvalue weighted by atomic mass is 9.83. The van der Waals surface area contributed by atoms with Crippen LogP contribution in [0.2, 0.25) is 0 Å². The summed E-state index contributed by atoms with van der Waals surface area (Å²) in [5.74, 6) is 1.00. The van der Waals surface area contributed by atoms with Crippen molar-refractivity contribution in [2.24, 2.45) is 17.6 Å². The first kappa shape index (κ1) is 14.3. The lowest BCUT2D eigenvalue weighted by Gasteiger charge is -2.26. The number of hydrogen-bond donors (Lipinski definition) is 1. The molecular formula is C16H25NO2. The quantitative estimate of drug-likeness (QED) is 0.793. The Hall–Kier alpha value is -1.09. The number of ether oxygens (including phenoxy) is 1. The molecule has 2 aliphatic carbocycles. The number of rotatable bonds is 4. The van der Waals surface area contributed by atoms with E-state index in [0.717, 1.165) is 24.3 Å². The predicted molar refractivity (Wildman–Crippen MR) is 76.5 cm³/mol. The van der Waals surface area contributed by atoms with Crippen molar-refractivity contribution < 1.29 is 9.53 Å². The normalized spacial score (nSPS) is 28.6. The number of carbonyl (C=O) groups is 1. The average Bonchev–Trinajstić information content (AvgIpc) is 2.45. The molecule has 2 rings (SSSR count). The summed E-state index contributed by atoms with van der Waals surface area (Å²) in [4.78, 5) is 11.9. The van der Waals surface area contributed by atoms with Gasteiger partial charge < -0.3 is 10.5 Å². The Morgan fingerprint density at radius 1 is 1.47 bits per heavy atom. The minimum atomic E-state index is -0.613. The highest BCUT2D eigenvalue weighted by molar-refractivity contribution is 5.80. The molecule has 2 aliphatic rings. The summed E-state index contributed by atoms with van der Waals surface area (Å²) in [6, 6.07) is -0.613. The molecule has 1 unspecified atom stereocenters. The zero-order valence-electron chi connectivity index (χ0n) is 11.8. The molecule has 0 amide bonds. The summed E-state index contributed by atoms with van der Waals surface area (Å²) in [6.07, 6.45) is 12.9. The van der Waals surface area contributed by atoms with Gasteiger partial charge in [-0.25, -0.2) is 4.79 Å². The Morgan fingerprint density at radius 2 is 2.32 bits per heavy atom. The number of hydrogen-bond acceptors (Lipinski definition) is 3. The van der Waals surface area contributed by atoms with E-state index in [2.05, 4.69) is 13.0 Å². The van der Waals surface area contributed by atoms with Gasteiger partial charge in [0.25, 0.3) is 0 Å². The van der Waals surface area contributed by atoms with E-state index in [1.807, 2.05) is 12.2 Å². The molecular weight excluding hydrogens is 238 g/mol. The van der Waals surface area contributed by atoms with Gasteiger partial charge in [-0.2, -0.15) is 0 Å². The Kier molecular flexibility index (Phi) is 5.20. The molecule has 0 aliphatic heterocycles. The van der Waals surface area contributed by atoms with Crippen molar-refractivity contribution >= 4 is 5.97 Å². The van der Waals surface area contributed by atoms with Gasteiger partial charge in [0.1, 0.15) is 6.04 Å². The van der Waals surface area contributed by atoms with Gasteiger partial charge in [-0.15, -0.1) is 0 Å². The van der Waals surface area contributed by atoms with Crippen LogP contribution in [0.5, 0.6) is 0 Å². The lowest BCUT2D eigenvalue weighted by molar-refractivity contribution is -0.146. The van der Waals surface area contributed by atoms with Crippen molar-refractivity contribution in [3.05, 3.63) is 23.8 Å². The molecule has 0 radical (unpaired) electrons. The number of esters is 1. The van der Waals surface area contributed by atoms with Crippen molar-refractivity contribution in [1.29, 1.82) is 0 Å². The summed E-state index contributed by atoms with van der Waals surface area (Å²) < 4.78 is 5.41. The first-order valence-corrected chi connectivity index (χ1v) is 7.45. The van der Waals surface area contributed by atoms with E-state index in [0.29, 0.717) is 12.5 Å². The van der Waals surface area contributed by atoms with E-state index in [1.54, 1.807) is 0 Å². The van der Waals surface area contributed by atoms with Crippen LogP contribution in [0, 0.1) is 11.8 Å². The molecule has 19 heavy (non-hydrogen) atoms. The molecule has 0 aromatic carbocycles. The smallest absolute Gasteiger partial charge is 0.327 e. The minimum Gasteiger partial charge on any atom is -0.464 e. The van der Waals surface area contributed by atoms with Gasteiger partial charge in [-0.3, -0.25) is 0 Å². The fraction of sp³-hybridized carbons (Fsp3) is 0.688. The summed E-state index contributed by atoms with van der Waals surface area (Å²) in [5.41, 5.74) is 6.84. The molecule has 106 valence electrons. The molecule has 0 saturated heterocycles. The highest BCUT2D eigenvalue weighted by atomic mass is 16.5. The van der Waals surface area contributed by atoms with Gasteiger partial charge in [-0.1, -0.05) is 38.0 Å². The molecule has 2 N–H and O–H groups in total. The molecule has 3 heteroatoms. The van der Waals surface area contributed by atoms with Crippen LogP contribution in [0.25, 0.3) is 0 Å². The fourth-order valence-electron chi connectivity index (χ4n) is 3.00. The van der Waals surface area contributed by atoms with Crippen LogP contribution in [0.1, 0.15) is 45.4 Å². The van der Waals surface area contributed by atoms with E-state index in [4.69, 9.17) is 10.5 Å². The average molecular weight is 263 g/mol. The summed E-state index contributed by atoms with van der Waals surface area (Å²) in [7, 11) is 0. The van der Waals surface area contributed by atoms with Crippen LogP contribution in [-0.2, 0) is 9.53 Å². The monoisotopic (exact) mass is 263 g/mol. The SMILES string of the molecule is C[C@@H]1CCC[C@H](COC(=O)C(N)C2=CCCC=C2)C1. The molecule has 3 atom stereocenters. The molecule has 0 heterocycles. The van der Waals surface area contributed by atoms with Crippen LogP contribution in [-0.4, -0.2) is 18.6 Å². The van der Waals surface area contributed by atoms with Crippen LogP contribution in [0.15, 0.2) is 23.8 Å². The number of carbonyl (C=O) groups excluding carboxylic acids is 1. The maximum absolute atomic E-state index is 11.9. The van der Waals surface area contributed by atoms with Crippen LogP contribution in [0.3, 0.4) is 0 Å². The van der Waals surface area contributed by atoms with Crippen LogP contribution >= 0.6 is 0 Å². The van der Waals surface area contributed by atoms with Gasteiger partial charge in [0.15, 0.2) is 0 Å². The van der Waals surface area contributed by atoms with E-state index in [-0.39, 0.29) is 5.97 Å². The standard InChI is InChI=1S/C16H25NO2/c1-12-6-5-7-13(10-12)11-19-16(18)15(17)14-8-3-2-4-9-14/h3,8-9,12-13,15H,2,4-7,10-11,17H2,1H3/t12-,13+,15?/m1/s1. The van der Waals surface area contributed by atoms with Crippen molar-refractivity contribution in [3.63, 3.8) is 0 Å². The van der Waals surface area contributed by atoms with Crippen LogP contribution < -0.4 is 5.73 Å². The van der Waals surface area contributed by atoms with Gasteiger partial charge in [-0.05, 0) is 43.1 Å². The van der Waals surface area contributed by atoms with E-state index in [9.17, 15) is 4.79 Å². The summed E-state index contributed by atoms with van der Waals surface area (Å²) >= 11 is 0. The van der Waals surface area contributed by atoms with Gasteiger partial charge in [0.05, 0.1) is 6.61 Å². The van der Waals surface area contributed by atoms with Crippen molar-refractivity contribution in [2.75, 3.05) is 6.61 Å². The Morgan fingerprint density at radius 3 is 3.00 bits per heavy atom. The molecule has 0 bridgehead atoms. The third-order valence-electron chi connectivity index (χ3n) is 4.14. The second-order valence-electron chi connectivity index (χ2n) is 5.93. The maximum Gasteiger partial charge on any atom is 0.327 e. The van der Waals surface area contributed by atoms with Crippen LogP contribution in [0.4, 0.5) is 0 Å². The second kappa shape index (κ2) is 6.90. The first-order valence-electron chi connectivity index (χ1n) is 7.45. The van der Waals surface area contributed by atoms with Gasteiger partial charge in [0, 0.05) is 0 Å². The fourth-order valence-corrected chi connectivity index (χ4v) is 3.00. The van der Waals surface area contributed by atoms with Gasteiger partial charge in [0.2, 0.25) is 0 Å². The molecule has 0 spiro atoms. The summed E-state index contributed by atoms with van der Waals surface area (Å²) in [6.45, 7) is 2.81. The van der Waals surface area contributed by atoms with E-state index < -0.39 is 6.04 Å². The Balaban J connectivity index is 1.77. The lowest BCUT2D eigenvalue weighted by Crippen LogP contribution is -2.35. The zero-order chi connectivity index (χ0) is 13.7. The first-order chi connectivity index (χ1) is 9.16. The van der Waals surface area contributed by atoms with Crippen molar-refractivity contribution in [2.45, 2.75) is 51.5 Å². The third kappa shape index (κ3) is 4.20. The Bertz CT molecular complexity index is 373. The molecule has 3 nitrogen and oxygen atoms in total. The highest BCUT2D eigenvalue weighted by Crippen LogP contribution is 2.28. The maximum atomic E-state index is 11.9. The molecule has 0 aromatic rings. The molecule has 1 fully saturated rings. The minimum absolute atomic E-state index is 0.281. The predicted octanol–water partition coefficient (Wildman–Crippen LogP) is 2.96. The number of nitrogens with two attached hydrogens (primary N) is 1. The molecule has 0 aromatic heterocycles. The third-order valence-corrected chi connectivity index (χ3v) is 4.14. The van der Waals surface area contributed by atoms with E-state index in [1.165, 1.54) is 25.7 Å². The number of allylic oxidation sites excluding steroid dienone is 2. The highest BCUT2D eigenvalue weighted by Gasteiger charge is 2.23. The van der Waals surface area contributed by atoms with Gasteiger partial charge >= 0.3 is 5.97 Å². The summed E-state index contributed by atoms with van der Waals surface area (Å²) in [5, 5.41) is 0. The molecule has 1 saturated carbocycles. The topological polar surface area (TPSA) is 52.3 Å². The van der Waals surface area contributed by atoms with Crippen molar-refractivity contribution in [1.82, 2.24) is 0 Å².